The molecule has 4 heteroatoms. The van der Waals surface area contributed by atoms with Crippen LogP contribution in [0.2, 0.25) is 0 Å². The van der Waals surface area contributed by atoms with Crippen molar-refractivity contribution in [2.75, 3.05) is 18.0 Å². The minimum Gasteiger partial charge on any atom is -0.356 e. The number of benzene rings is 2. The number of aromatic amines is 1. The standard InChI is InChI=1S/C24H27N3O/c1-3-4-7-14-27-21-9-6-5-8-19(21)24(23(27)28)22-17(12-13-25-24)18-15-16(2)10-11-20(18)26-22/h5-6,8-11,15,25-26H,3-4,7,12-14H2,1-2H3/t24-/m1/s1. The molecule has 0 radical (unpaired) electrons. The Morgan fingerprint density at radius 3 is 2.86 bits per heavy atom. The van der Waals surface area contributed by atoms with Crippen LogP contribution in [-0.2, 0) is 16.8 Å². The van der Waals surface area contributed by atoms with Crippen LogP contribution >= 0.6 is 0 Å². The lowest BCUT2D eigenvalue weighted by Gasteiger charge is -2.34. The van der Waals surface area contributed by atoms with E-state index in [9.17, 15) is 4.79 Å². The zero-order valence-electron chi connectivity index (χ0n) is 16.6. The first kappa shape index (κ1) is 17.5. The van der Waals surface area contributed by atoms with E-state index in [1.807, 2.05) is 17.0 Å². The number of H-pyrrole nitrogens is 1. The molecule has 1 amide bonds. The summed E-state index contributed by atoms with van der Waals surface area (Å²) in [7, 11) is 0. The number of fused-ring (bicyclic) bond motifs is 6. The highest BCUT2D eigenvalue weighted by atomic mass is 16.2. The van der Waals surface area contributed by atoms with Crippen molar-refractivity contribution in [1.29, 1.82) is 0 Å². The van der Waals surface area contributed by atoms with Gasteiger partial charge in [0.05, 0.1) is 5.69 Å². The van der Waals surface area contributed by atoms with E-state index >= 15 is 0 Å². The van der Waals surface area contributed by atoms with Gasteiger partial charge in [-0.25, -0.2) is 0 Å². The molecule has 1 spiro atoms. The van der Waals surface area contributed by atoms with Gasteiger partial charge in [0, 0.05) is 35.2 Å². The summed E-state index contributed by atoms with van der Waals surface area (Å²) in [4.78, 5) is 19.5. The van der Waals surface area contributed by atoms with Gasteiger partial charge in [-0.1, -0.05) is 49.6 Å². The van der Waals surface area contributed by atoms with Crippen molar-refractivity contribution in [2.45, 2.75) is 45.1 Å². The summed E-state index contributed by atoms with van der Waals surface area (Å²) in [6.07, 6.45) is 4.26. The Hall–Kier alpha value is -2.59. The second kappa shape index (κ2) is 6.49. The third kappa shape index (κ3) is 2.31. The number of hydrogen-bond donors (Lipinski definition) is 2. The quantitative estimate of drug-likeness (QED) is 0.666. The maximum Gasteiger partial charge on any atom is 0.258 e. The second-order valence-corrected chi connectivity index (χ2v) is 8.14. The number of carbonyl (C=O) groups excluding carboxylic acids is 1. The summed E-state index contributed by atoms with van der Waals surface area (Å²) in [6.45, 7) is 5.91. The van der Waals surface area contributed by atoms with Gasteiger partial charge >= 0.3 is 0 Å². The fourth-order valence-corrected chi connectivity index (χ4v) is 5.01. The van der Waals surface area contributed by atoms with E-state index in [4.69, 9.17) is 0 Å². The Morgan fingerprint density at radius 1 is 1.14 bits per heavy atom. The third-order valence-corrected chi connectivity index (χ3v) is 6.35. The van der Waals surface area contributed by atoms with E-state index < -0.39 is 5.54 Å². The maximum atomic E-state index is 13.9. The molecular formula is C24H27N3O. The van der Waals surface area contributed by atoms with Gasteiger partial charge in [0.2, 0.25) is 0 Å². The molecule has 0 unspecified atom stereocenters. The van der Waals surface area contributed by atoms with Crippen molar-refractivity contribution in [2.24, 2.45) is 0 Å². The Balaban J connectivity index is 1.70. The zero-order valence-corrected chi connectivity index (χ0v) is 16.6. The number of nitrogens with zero attached hydrogens (tertiary/aromatic N) is 1. The predicted molar refractivity (Wildman–Crippen MR) is 114 cm³/mol. The summed E-state index contributed by atoms with van der Waals surface area (Å²) < 4.78 is 0. The normalized spacial score (nSPS) is 20.8. The molecule has 0 fully saturated rings. The lowest BCUT2D eigenvalue weighted by molar-refractivity contribution is -0.123. The van der Waals surface area contributed by atoms with Crippen molar-refractivity contribution in [3.8, 4) is 0 Å². The van der Waals surface area contributed by atoms with Gasteiger partial charge in [0.15, 0.2) is 5.54 Å². The van der Waals surface area contributed by atoms with E-state index in [2.05, 4.69) is 54.5 Å². The number of nitrogens with one attached hydrogen (secondary N) is 2. The van der Waals surface area contributed by atoms with Gasteiger partial charge in [-0.2, -0.15) is 0 Å². The molecule has 4 nitrogen and oxygen atoms in total. The van der Waals surface area contributed by atoms with E-state index in [1.165, 1.54) is 16.5 Å². The van der Waals surface area contributed by atoms with Crippen LogP contribution in [0.15, 0.2) is 42.5 Å². The first-order valence-electron chi connectivity index (χ1n) is 10.4. The van der Waals surface area contributed by atoms with E-state index in [0.717, 1.165) is 61.2 Å². The van der Waals surface area contributed by atoms with E-state index in [0.29, 0.717) is 0 Å². The number of hydrogen-bond acceptors (Lipinski definition) is 2. The Morgan fingerprint density at radius 2 is 2.00 bits per heavy atom. The molecule has 2 aliphatic heterocycles. The predicted octanol–water partition coefficient (Wildman–Crippen LogP) is 4.40. The number of para-hydroxylation sites is 1. The third-order valence-electron chi connectivity index (χ3n) is 6.35. The van der Waals surface area contributed by atoms with Gasteiger partial charge in [0.1, 0.15) is 0 Å². The Kier molecular flexibility index (Phi) is 4.06. The molecule has 0 bridgehead atoms. The molecular weight excluding hydrogens is 346 g/mol. The zero-order chi connectivity index (χ0) is 19.3. The summed E-state index contributed by atoms with van der Waals surface area (Å²) in [5.41, 5.74) is 6.04. The number of aromatic nitrogens is 1. The number of aryl methyl sites for hydroxylation is 1. The first-order valence-corrected chi connectivity index (χ1v) is 10.4. The molecule has 2 aliphatic rings. The molecule has 0 saturated carbocycles. The van der Waals surface area contributed by atoms with Crippen LogP contribution in [0.3, 0.4) is 0 Å². The van der Waals surface area contributed by atoms with Gasteiger partial charge in [-0.15, -0.1) is 0 Å². The van der Waals surface area contributed by atoms with Crippen molar-refractivity contribution in [1.82, 2.24) is 10.3 Å². The average molecular weight is 374 g/mol. The molecule has 3 heterocycles. The number of unbranched alkanes of at least 4 members (excludes halogenated alkanes) is 2. The first-order chi connectivity index (χ1) is 13.7. The van der Waals surface area contributed by atoms with Gasteiger partial charge in [0.25, 0.3) is 5.91 Å². The molecule has 0 aliphatic carbocycles. The summed E-state index contributed by atoms with van der Waals surface area (Å²) in [5, 5.41) is 4.89. The van der Waals surface area contributed by atoms with Crippen LogP contribution in [0.5, 0.6) is 0 Å². The SMILES string of the molecule is CCCCCN1C(=O)[C@@]2(NCCc3c2[nH]c2ccc(C)cc32)c2ccccc21. The van der Waals surface area contributed by atoms with E-state index in [1.54, 1.807) is 0 Å². The number of carbonyl (C=O) groups is 1. The van der Waals surface area contributed by atoms with Crippen molar-refractivity contribution in [3.05, 3.63) is 64.8 Å². The minimum absolute atomic E-state index is 0.161. The molecule has 3 aromatic rings. The van der Waals surface area contributed by atoms with Crippen LogP contribution < -0.4 is 10.2 Å². The number of amides is 1. The summed E-state index contributed by atoms with van der Waals surface area (Å²) in [5.74, 6) is 0.161. The molecule has 1 aromatic heterocycles. The van der Waals surface area contributed by atoms with Gasteiger partial charge < -0.3 is 9.88 Å². The van der Waals surface area contributed by atoms with Crippen molar-refractivity contribution >= 4 is 22.5 Å². The summed E-state index contributed by atoms with van der Waals surface area (Å²) in [6, 6.07) is 14.8. The van der Waals surface area contributed by atoms with Crippen molar-refractivity contribution < 1.29 is 4.79 Å². The molecule has 2 aromatic carbocycles. The minimum atomic E-state index is -0.788. The molecule has 144 valence electrons. The highest BCUT2D eigenvalue weighted by Gasteiger charge is 2.54. The highest BCUT2D eigenvalue weighted by molar-refractivity contribution is 6.11. The van der Waals surface area contributed by atoms with Crippen LogP contribution in [0.1, 0.15) is 48.6 Å². The molecule has 1 atom stereocenters. The molecule has 28 heavy (non-hydrogen) atoms. The number of rotatable bonds is 4. The van der Waals surface area contributed by atoms with Crippen LogP contribution in [-0.4, -0.2) is 24.0 Å². The average Bonchev–Trinajstić information content (AvgIpc) is 3.19. The number of anilines is 1. The maximum absolute atomic E-state index is 13.9. The lowest BCUT2D eigenvalue weighted by atomic mass is 9.82. The summed E-state index contributed by atoms with van der Waals surface area (Å²) >= 11 is 0. The fourth-order valence-electron chi connectivity index (χ4n) is 5.01. The van der Waals surface area contributed by atoms with E-state index in [-0.39, 0.29) is 5.91 Å². The van der Waals surface area contributed by atoms with Crippen LogP contribution in [0, 0.1) is 6.92 Å². The fraction of sp³-hybridized carbons (Fsp3) is 0.375. The highest BCUT2D eigenvalue weighted by Crippen LogP contribution is 2.47. The Labute approximate surface area is 165 Å². The smallest absolute Gasteiger partial charge is 0.258 e. The van der Waals surface area contributed by atoms with Crippen molar-refractivity contribution in [3.63, 3.8) is 0 Å². The topological polar surface area (TPSA) is 48.1 Å². The lowest BCUT2D eigenvalue weighted by Crippen LogP contribution is -2.55. The van der Waals surface area contributed by atoms with Crippen LogP contribution in [0.4, 0.5) is 5.69 Å². The molecule has 2 N–H and O–H groups in total. The molecule has 0 saturated heterocycles. The van der Waals surface area contributed by atoms with Crippen LogP contribution in [0.25, 0.3) is 10.9 Å². The van der Waals surface area contributed by atoms with Gasteiger partial charge in [-0.3, -0.25) is 10.1 Å². The Bertz CT molecular complexity index is 1070. The second-order valence-electron chi connectivity index (χ2n) is 8.14. The van der Waals surface area contributed by atoms with Gasteiger partial charge in [-0.05, 0) is 43.5 Å². The molecule has 5 rings (SSSR count). The largest absolute Gasteiger partial charge is 0.356 e. The monoisotopic (exact) mass is 373 g/mol.